The summed E-state index contributed by atoms with van der Waals surface area (Å²) in [6.45, 7) is 6.26. The number of hydrogen-bond donors (Lipinski definition) is 3. The van der Waals surface area contributed by atoms with Crippen molar-refractivity contribution in [3.8, 4) is 0 Å². The van der Waals surface area contributed by atoms with Crippen LogP contribution in [0, 0.1) is 19.3 Å². The van der Waals surface area contributed by atoms with E-state index in [4.69, 9.17) is 0 Å². The number of alkyl halides is 3. The van der Waals surface area contributed by atoms with Gasteiger partial charge >= 0.3 is 6.18 Å². The predicted octanol–water partition coefficient (Wildman–Crippen LogP) is 3.18. The standard InChI is InChI=1S/C18H25F3N6O/c1-11-12(2)26-15(16(28)23-8-6-17(3,4)18(19,20)21)27-14(11)22-7-5-13-9-24-25-10-13/h9-10H,5-8H2,1-4H3,(H,23,28)(H,24,25)(H,22,26,27). The van der Waals surface area contributed by atoms with Crippen molar-refractivity contribution in [3.63, 3.8) is 0 Å². The minimum absolute atomic E-state index is 0.0706. The van der Waals surface area contributed by atoms with Gasteiger partial charge in [0.25, 0.3) is 5.91 Å². The summed E-state index contributed by atoms with van der Waals surface area (Å²) in [4.78, 5) is 20.7. The summed E-state index contributed by atoms with van der Waals surface area (Å²) < 4.78 is 38.7. The maximum Gasteiger partial charge on any atom is 0.394 e. The highest BCUT2D eigenvalue weighted by Crippen LogP contribution is 2.39. The highest BCUT2D eigenvalue weighted by Gasteiger charge is 2.46. The first-order valence-electron chi connectivity index (χ1n) is 8.93. The zero-order valence-electron chi connectivity index (χ0n) is 16.4. The number of carbonyl (C=O) groups excluding carboxylic acids is 1. The lowest BCUT2D eigenvalue weighted by Crippen LogP contribution is -2.37. The Hall–Kier alpha value is -2.65. The Morgan fingerprint density at radius 3 is 2.50 bits per heavy atom. The van der Waals surface area contributed by atoms with E-state index in [-0.39, 0.29) is 18.8 Å². The number of aromatic amines is 1. The number of H-pyrrole nitrogens is 1. The van der Waals surface area contributed by atoms with Crippen molar-refractivity contribution in [2.75, 3.05) is 18.4 Å². The number of halogens is 3. The number of carbonyl (C=O) groups is 1. The molecule has 2 heterocycles. The van der Waals surface area contributed by atoms with Crippen LogP contribution in [0.3, 0.4) is 0 Å². The molecule has 2 aromatic heterocycles. The lowest BCUT2D eigenvalue weighted by molar-refractivity contribution is -0.213. The molecule has 0 aliphatic heterocycles. The van der Waals surface area contributed by atoms with Gasteiger partial charge < -0.3 is 10.6 Å². The van der Waals surface area contributed by atoms with Gasteiger partial charge in [0, 0.05) is 30.5 Å². The second-order valence-corrected chi connectivity index (χ2v) is 7.28. The lowest BCUT2D eigenvalue weighted by Gasteiger charge is -2.27. The van der Waals surface area contributed by atoms with Crippen molar-refractivity contribution in [1.29, 1.82) is 0 Å². The molecule has 2 rings (SSSR count). The fourth-order valence-electron chi connectivity index (χ4n) is 2.35. The Morgan fingerprint density at radius 1 is 1.18 bits per heavy atom. The van der Waals surface area contributed by atoms with Crippen LogP contribution in [0.2, 0.25) is 0 Å². The molecule has 0 aliphatic rings. The topological polar surface area (TPSA) is 95.6 Å². The van der Waals surface area contributed by atoms with Crippen LogP contribution in [-0.4, -0.2) is 45.3 Å². The molecule has 2 aromatic rings. The van der Waals surface area contributed by atoms with Gasteiger partial charge in [-0.1, -0.05) is 13.8 Å². The van der Waals surface area contributed by atoms with E-state index in [1.165, 1.54) is 0 Å². The molecule has 10 heteroatoms. The summed E-state index contributed by atoms with van der Waals surface area (Å²) in [5.74, 6) is -0.144. The average molecular weight is 398 g/mol. The second kappa shape index (κ2) is 8.57. The number of amides is 1. The monoisotopic (exact) mass is 398 g/mol. The van der Waals surface area contributed by atoms with E-state index in [0.717, 1.165) is 25.0 Å². The summed E-state index contributed by atoms with van der Waals surface area (Å²) in [7, 11) is 0. The van der Waals surface area contributed by atoms with Crippen LogP contribution in [0.4, 0.5) is 19.0 Å². The van der Waals surface area contributed by atoms with E-state index in [2.05, 4.69) is 30.8 Å². The molecular formula is C18H25F3N6O. The zero-order chi connectivity index (χ0) is 20.9. The van der Waals surface area contributed by atoms with Crippen molar-refractivity contribution in [1.82, 2.24) is 25.5 Å². The van der Waals surface area contributed by atoms with Gasteiger partial charge in [0.1, 0.15) is 5.82 Å². The molecule has 3 N–H and O–H groups in total. The van der Waals surface area contributed by atoms with Crippen molar-refractivity contribution in [2.45, 2.75) is 46.7 Å². The normalized spacial score (nSPS) is 12.1. The van der Waals surface area contributed by atoms with Gasteiger partial charge in [0.05, 0.1) is 11.6 Å². The summed E-state index contributed by atoms with van der Waals surface area (Å²) >= 11 is 0. The van der Waals surface area contributed by atoms with Crippen molar-refractivity contribution >= 4 is 11.7 Å². The molecule has 0 saturated carbocycles. The average Bonchev–Trinajstić information content (AvgIpc) is 3.10. The quantitative estimate of drug-likeness (QED) is 0.635. The second-order valence-electron chi connectivity index (χ2n) is 7.28. The lowest BCUT2D eigenvalue weighted by atomic mass is 9.88. The Labute approximate surface area is 161 Å². The number of nitrogens with zero attached hydrogens (tertiary/aromatic N) is 3. The molecule has 0 aliphatic carbocycles. The van der Waals surface area contributed by atoms with Crippen LogP contribution in [0.5, 0.6) is 0 Å². The SMILES string of the molecule is Cc1nc(C(=O)NCCC(C)(C)C(F)(F)F)nc(NCCc2cn[nH]c2)c1C. The number of hydrogen-bond acceptors (Lipinski definition) is 5. The smallest absolute Gasteiger partial charge is 0.369 e. The van der Waals surface area contributed by atoms with Gasteiger partial charge in [0.15, 0.2) is 0 Å². The molecule has 0 unspecified atom stereocenters. The fourth-order valence-corrected chi connectivity index (χ4v) is 2.35. The summed E-state index contributed by atoms with van der Waals surface area (Å²) in [6.07, 6.45) is -0.334. The molecule has 0 fully saturated rings. The number of rotatable bonds is 8. The van der Waals surface area contributed by atoms with Crippen LogP contribution >= 0.6 is 0 Å². The third kappa shape index (κ3) is 5.43. The summed E-state index contributed by atoms with van der Waals surface area (Å²) in [5.41, 5.74) is 0.578. The van der Waals surface area contributed by atoms with Crippen LogP contribution < -0.4 is 10.6 Å². The maximum atomic E-state index is 12.9. The fraction of sp³-hybridized carbons (Fsp3) is 0.556. The molecule has 7 nitrogen and oxygen atoms in total. The highest BCUT2D eigenvalue weighted by atomic mass is 19.4. The molecule has 0 atom stereocenters. The van der Waals surface area contributed by atoms with E-state index in [0.29, 0.717) is 24.5 Å². The first-order chi connectivity index (χ1) is 13.0. The molecule has 0 radical (unpaired) electrons. The maximum absolute atomic E-state index is 12.9. The molecule has 0 saturated heterocycles. The third-order valence-corrected chi connectivity index (χ3v) is 4.66. The van der Waals surface area contributed by atoms with E-state index in [1.807, 2.05) is 6.92 Å². The molecule has 1 amide bonds. The van der Waals surface area contributed by atoms with Crippen LogP contribution in [0.1, 0.15) is 47.7 Å². The molecular weight excluding hydrogens is 373 g/mol. The van der Waals surface area contributed by atoms with Gasteiger partial charge in [-0.3, -0.25) is 9.89 Å². The Balaban J connectivity index is 1.98. The largest absolute Gasteiger partial charge is 0.394 e. The minimum Gasteiger partial charge on any atom is -0.369 e. The van der Waals surface area contributed by atoms with Crippen molar-refractivity contribution in [2.24, 2.45) is 5.41 Å². The van der Waals surface area contributed by atoms with E-state index < -0.39 is 17.5 Å². The van der Waals surface area contributed by atoms with E-state index >= 15 is 0 Å². The Morgan fingerprint density at radius 2 is 1.89 bits per heavy atom. The first kappa shape index (κ1) is 21.6. The van der Waals surface area contributed by atoms with Crippen LogP contribution in [-0.2, 0) is 6.42 Å². The molecule has 0 spiro atoms. The summed E-state index contributed by atoms with van der Waals surface area (Å²) in [6, 6.07) is 0. The number of aryl methyl sites for hydroxylation is 1. The molecule has 154 valence electrons. The first-order valence-corrected chi connectivity index (χ1v) is 8.93. The molecule has 0 bridgehead atoms. The van der Waals surface area contributed by atoms with Gasteiger partial charge in [0.2, 0.25) is 5.82 Å². The van der Waals surface area contributed by atoms with Gasteiger partial charge in [-0.25, -0.2) is 9.97 Å². The third-order valence-electron chi connectivity index (χ3n) is 4.66. The highest BCUT2D eigenvalue weighted by molar-refractivity contribution is 5.90. The van der Waals surface area contributed by atoms with Gasteiger partial charge in [-0.2, -0.15) is 18.3 Å². The van der Waals surface area contributed by atoms with Crippen molar-refractivity contribution < 1.29 is 18.0 Å². The van der Waals surface area contributed by atoms with Crippen LogP contribution in [0.15, 0.2) is 12.4 Å². The Kier molecular flexibility index (Phi) is 6.63. The number of nitrogens with one attached hydrogen (secondary N) is 3. The zero-order valence-corrected chi connectivity index (χ0v) is 16.4. The molecule has 0 aromatic carbocycles. The van der Waals surface area contributed by atoms with Crippen LogP contribution in [0.25, 0.3) is 0 Å². The van der Waals surface area contributed by atoms with Crippen molar-refractivity contribution in [3.05, 3.63) is 35.0 Å². The van der Waals surface area contributed by atoms with Gasteiger partial charge in [-0.15, -0.1) is 0 Å². The van der Waals surface area contributed by atoms with Gasteiger partial charge in [-0.05, 0) is 32.3 Å². The summed E-state index contributed by atoms with van der Waals surface area (Å²) in [5, 5.41) is 12.3. The van der Waals surface area contributed by atoms with E-state index in [1.54, 1.807) is 19.3 Å². The Bertz CT molecular complexity index is 802. The predicted molar refractivity (Wildman–Crippen MR) is 99.1 cm³/mol. The molecule has 28 heavy (non-hydrogen) atoms. The minimum atomic E-state index is -4.33. The number of anilines is 1. The van der Waals surface area contributed by atoms with E-state index in [9.17, 15) is 18.0 Å². The number of aromatic nitrogens is 4.